The number of hydrogen-bond acceptors (Lipinski definition) is 3. The van der Waals surface area contributed by atoms with E-state index in [2.05, 4.69) is 48.0 Å². The van der Waals surface area contributed by atoms with Gasteiger partial charge in [-0.2, -0.15) is 0 Å². The van der Waals surface area contributed by atoms with E-state index in [1.807, 2.05) is 17.0 Å². The molecule has 1 aliphatic rings. The van der Waals surface area contributed by atoms with Gasteiger partial charge in [-0.25, -0.2) is 0 Å². The molecular formula is C19H23N3O. The summed E-state index contributed by atoms with van der Waals surface area (Å²) in [6, 6.07) is 12.5. The molecule has 2 heterocycles. The molecule has 0 radical (unpaired) electrons. The first-order chi connectivity index (χ1) is 11.1. The molecule has 0 unspecified atom stereocenters. The maximum absolute atomic E-state index is 12.6. The van der Waals surface area contributed by atoms with Crippen LogP contribution in [0.3, 0.4) is 0 Å². The van der Waals surface area contributed by atoms with Crippen molar-refractivity contribution < 1.29 is 4.79 Å². The molecule has 1 fully saturated rings. The van der Waals surface area contributed by atoms with Crippen LogP contribution in [0.4, 0.5) is 5.69 Å². The van der Waals surface area contributed by atoms with Crippen LogP contribution in [0.15, 0.2) is 48.8 Å². The first-order valence-electron chi connectivity index (χ1n) is 8.14. The molecule has 1 aliphatic heterocycles. The van der Waals surface area contributed by atoms with Crippen LogP contribution < -0.4 is 4.90 Å². The van der Waals surface area contributed by atoms with E-state index in [0.29, 0.717) is 6.42 Å². The van der Waals surface area contributed by atoms with Gasteiger partial charge in [0.05, 0.1) is 6.42 Å². The van der Waals surface area contributed by atoms with Gasteiger partial charge in [0, 0.05) is 43.8 Å². The molecule has 0 N–H and O–H groups in total. The highest BCUT2D eigenvalue weighted by molar-refractivity contribution is 5.79. The van der Waals surface area contributed by atoms with Crippen molar-refractivity contribution in [1.82, 2.24) is 9.88 Å². The number of carbonyl (C=O) groups excluding carboxylic acids is 1. The zero-order valence-corrected chi connectivity index (χ0v) is 13.8. The third kappa shape index (κ3) is 3.52. The molecule has 1 aromatic carbocycles. The van der Waals surface area contributed by atoms with Gasteiger partial charge in [-0.15, -0.1) is 0 Å². The first kappa shape index (κ1) is 15.5. The Balaban J connectivity index is 1.65. The lowest BCUT2D eigenvalue weighted by Gasteiger charge is -2.41. The molecule has 0 bridgehead atoms. The van der Waals surface area contributed by atoms with Gasteiger partial charge in [0.25, 0.3) is 0 Å². The Morgan fingerprint density at radius 3 is 2.74 bits per heavy atom. The van der Waals surface area contributed by atoms with E-state index in [-0.39, 0.29) is 11.9 Å². The minimum absolute atomic E-state index is 0.190. The van der Waals surface area contributed by atoms with Gasteiger partial charge in [0.1, 0.15) is 0 Å². The van der Waals surface area contributed by atoms with Gasteiger partial charge in [0.15, 0.2) is 0 Å². The average molecular weight is 309 g/mol. The van der Waals surface area contributed by atoms with E-state index in [1.165, 1.54) is 11.3 Å². The second-order valence-corrected chi connectivity index (χ2v) is 6.21. The fourth-order valence-corrected chi connectivity index (χ4v) is 3.24. The van der Waals surface area contributed by atoms with Crippen LogP contribution in [-0.4, -0.2) is 41.5 Å². The summed E-state index contributed by atoms with van der Waals surface area (Å²) in [6.07, 6.45) is 3.94. The predicted molar refractivity (Wildman–Crippen MR) is 92.5 cm³/mol. The Hall–Kier alpha value is -2.36. The third-order valence-electron chi connectivity index (χ3n) is 4.48. The number of amides is 1. The van der Waals surface area contributed by atoms with Crippen LogP contribution in [-0.2, 0) is 11.2 Å². The minimum Gasteiger partial charge on any atom is -0.367 e. The highest BCUT2D eigenvalue weighted by Gasteiger charge is 2.27. The molecule has 120 valence electrons. The Bertz CT molecular complexity index is 671. The van der Waals surface area contributed by atoms with E-state index >= 15 is 0 Å². The second kappa shape index (κ2) is 6.82. The highest BCUT2D eigenvalue weighted by atomic mass is 16.2. The average Bonchev–Trinajstić information content (AvgIpc) is 2.56. The fraction of sp³-hybridized carbons (Fsp3) is 0.368. The van der Waals surface area contributed by atoms with Gasteiger partial charge in [-0.3, -0.25) is 9.78 Å². The predicted octanol–water partition coefficient (Wildman–Crippen LogP) is 2.67. The number of anilines is 1. The monoisotopic (exact) mass is 309 g/mol. The third-order valence-corrected chi connectivity index (χ3v) is 4.48. The van der Waals surface area contributed by atoms with Crippen molar-refractivity contribution in [2.45, 2.75) is 26.3 Å². The molecule has 0 saturated carbocycles. The molecule has 1 amide bonds. The lowest BCUT2D eigenvalue weighted by atomic mass is 10.1. The number of nitrogens with zero attached hydrogens (tertiary/aromatic N) is 3. The van der Waals surface area contributed by atoms with Crippen molar-refractivity contribution in [1.29, 1.82) is 0 Å². The van der Waals surface area contributed by atoms with Crippen LogP contribution in [0.1, 0.15) is 18.1 Å². The number of benzene rings is 1. The number of carbonyl (C=O) groups is 1. The summed E-state index contributed by atoms with van der Waals surface area (Å²) >= 11 is 0. The Morgan fingerprint density at radius 1 is 1.22 bits per heavy atom. The van der Waals surface area contributed by atoms with Crippen LogP contribution in [0.5, 0.6) is 0 Å². The Morgan fingerprint density at radius 2 is 2.04 bits per heavy atom. The van der Waals surface area contributed by atoms with Crippen molar-refractivity contribution in [2.75, 3.05) is 24.5 Å². The van der Waals surface area contributed by atoms with Gasteiger partial charge in [0.2, 0.25) is 5.91 Å². The molecule has 4 heteroatoms. The SMILES string of the molecule is Cc1ccccc1N1CCN(C(=O)Cc2cccnc2)[C@H](C)C1. The number of rotatable bonds is 3. The van der Waals surface area contributed by atoms with Crippen LogP contribution in [0.2, 0.25) is 0 Å². The largest absolute Gasteiger partial charge is 0.367 e. The summed E-state index contributed by atoms with van der Waals surface area (Å²) in [5, 5.41) is 0. The van der Waals surface area contributed by atoms with Gasteiger partial charge in [-0.1, -0.05) is 24.3 Å². The molecular weight excluding hydrogens is 286 g/mol. The molecule has 3 rings (SSSR count). The zero-order valence-electron chi connectivity index (χ0n) is 13.8. The topological polar surface area (TPSA) is 36.4 Å². The fourth-order valence-electron chi connectivity index (χ4n) is 3.24. The highest BCUT2D eigenvalue weighted by Crippen LogP contribution is 2.23. The van der Waals surface area contributed by atoms with E-state index in [9.17, 15) is 4.79 Å². The molecule has 0 aliphatic carbocycles. The molecule has 2 aromatic rings. The van der Waals surface area contributed by atoms with Crippen LogP contribution >= 0.6 is 0 Å². The number of piperazine rings is 1. The smallest absolute Gasteiger partial charge is 0.227 e. The normalized spacial score (nSPS) is 18.1. The van der Waals surface area contributed by atoms with Crippen LogP contribution in [0, 0.1) is 6.92 Å². The molecule has 0 spiro atoms. The lowest BCUT2D eigenvalue weighted by Crippen LogP contribution is -2.54. The molecule has 4 nitrogen and oxygen atoms in total. The summed E-state index contributed by atoms with van der Waals surface area (Å²) in [4.78, 5) is 21.0. The van der Waals surface area contributed by atoms with Crippen molar-refractivity contribution in [3.05, 3.63) is 59.9 Å². The standard InChI is InChI=1S/C19H23N3O/c1-15-6-3-4-8-18(15)21-10-11-22(16(2)14-21)19(23)12-17-7-5-9-20-13-17/h3-9,13,16H,10-12,14H2,1-2H3/t16-/m1/s1. The molecule has 1 atom stereocenters. The summed E-state index contributed by atoms with van der Waals surface area (Å²) in [7, 11) is 0. The van der Waals surface area contributed by atoms with Gasteiger partial charge < -0.3 is 9.80 Å². The van der Waals surface area contributed by atoms with E-state index in [4.69, 9.17) is 0 Å². The van der Waals surface area contributed by atoms with Crippen molar-refractivity contribution in [3.63, 3.8) is 0 Å². The summed E-state index contributed by atoms with van der Waals surface area (Å²) in [6.45, 7) is 6.80. The van der Waals surface area contributed by atoms with Crippen LogP contribution in [0.25, 0.3) is 0 Å². The maximum atomic E-state index is 12.6. The van der Waals surface area contributed by atoms with Crippen molar-refractivity contribution >= 4 is 11.6 Å². The van der Waals surface area contributed by atoms with Gasteiger partial charge >= 0.3 is 0 Å². The van der Waals surface area contributed by atoms with E-state index < -0.39 is 0 Å². The van der Waals surface area contributed by atoms with E-state index in [1.54, 1.807) is 12.4 Å². The zero-order chi connectivity index (χ0) is 16.2. The summed E-state index contributed by atoms with van der Waals surface area (Å²) < 4.78 is 0. The number of pyridine rings is 1. The first-order valence-corrected chi connectivity index (χ1v) is 8.14. The summed E-state index contributed by atoms with van der Waals surface area (Å²) in [5.74, 6) is 0.190. The van der Waals surface area contributed by atoms with Gasteiger partial charge in [-0.05, 0) is 37.1 Å². The number of aryl methyl sites for hydroxylation is 1. The quantitative estimate of drug-likeness (QED) is 0.874. The summed E-state index contributed by atoms with van der Waals surface area (Å²) in [5.41, 5.74) is 3.54. The van der Waals surface area contributed by atoms with Crippen molar-refractivity contribution in [3.8, 4) is 0 Å². The number of para-hydroxylation sites is 1. The maximum Gasteiger partial charge on any atom is 0.227 e. The Kier molecular flexibility index (Phi) is 4.60. The Labute approximate surface area is 137 Å². The molecule has 1 aromatic heterocycles. The second-order valence-electron chi connectivity index (χ2n) is 6.21. The molecule has 1 saturated heterocycles. The van der Waals surface area contributed by atoms with E-state index in [0.717, 1.165) is 25.2 Å². The lowest BCUT2D eigenvalue weighted by molar-refractivity contribution is -0.132. The van der Waals surface area contributed by atoms with Crippen molar-refractivity contribution in [2.24, 2.45) is 0 Å². The number of hydrogen-bond donors (Lipinski definition) is 0. The minimum atomic E-state index is 0.190. The number of aromatic nitrogens is 1. The molecule has 23 heavy (non-hydrogen) atoms.